The number of amides is 2. The lowest BCUT2D eigenvalue weighted by Crippen LogP contribution is -2.53. The van der Waals surface area contributed by atoms with Gasteiger partial charge in [-0.3, -0.25) is 19.4 Å². The van der Waals surface area contributed by atoms with Gasteiger partial charge >= 0.3 is 6.18 Å². The first-order valence-electron chi connectivity index (χ1n) is 10.1. The molecule has 10 heteroatoms. The molecule has 2 amide bonds. The molecule has 1 fully saturated rings. The Morgan fingerprint density at radius 2 is 1.66 bits per heavy atom. The highest BCUT2D eigenvalue weighted by Gasteiger charge is 2.33. The number of carbonyl (C=O) groups excluding carboxylic acids is 2. The van der Waals surface area contributed by atoms with Gasteiger partial charge in [0.05, 0.1) is 23.2 Å². The van der Waals surface area contributed by atoms with Gasteiger partial charge in [0.15, 0.2) is 0 Å². The molecular weight excluding hydrogens is 445 g/mol. The Morgan fingerprint density at radius 3 is 2.28 bits per heavy atom. The summed E-state index contributed by atoms with van der Waals surface area (Å²) in [6.07, 6.45) is -4.60. The molecule has 2 aromatic rings. The van der Waals surface area contributed by atoms with E-state index in [1.165, 1.54) is 6.07 Å². The number of nitrogens with zero attached hydrogens (tertiary/aromatic N) is 2. The monoisotopic (exact) mass is 468 g/mol. The minimum atomic E-state index is -4.60. The van der Waals surface area contributed by atoms with Crippen molar-refractivity contribution >= 4 is 34.8 Å². The summed E-state index contributed by atoms with van der Waals surface area (Å²) in [6.45, 7) is 4.18. The maximum absolute atomic E-state index is 13.0. The number of rotatable bonds is 6. The lowest BCUT2D eigenvalue weighted by atomic mass is 10.2. The molecule has 1 atom stereocenters. The van der Waals surface area contributed by atoms with E-state index in [4.69, 9.17) is 11.6 Å². The Hall–Kier alpha value is -2.62. The quantitative estimate of drug-likeness (QED) is 0.674. The van der Waals surface area contributed by atoms with Crippen molar-refractivity contribution in [1.82, 2.24) is 9.80 Å². The van der Waals surface area contributed by atoms with E-state index in [0.29, 0.717) is 26.2 Å². The van der Waals surface area contributed by atoms with Gasteiger partial charge in [-0.2, -0.15) is 13.2 Å². The molecule has 3 rings (SSSR count). The van der Waals surface area contributed by atoms with Crippen LogP contribution in [0.15, 0.2) is 48.5 Å². The van der Waals surface area contributed by atoms with Crippen LogP contribution in [-0.4, -0.2) is 60.4 Å². The van der Waals surface area contributed by atoms with Crippen LogP contribution >= 0.6 is 11.6 Å². The van der Waals surface area contributed by atoms with E-state index >= 15 is 0 Å². The molecule has 0 aliphatic carbocycles. The summed E-state index contributed by atoms with van der Waals surface area (Å²) in [5.41, 5.74) is -0.222. The zero-order chi connectivity index (χ0) is 23.3. The number of nitrogens with one attached hydrogen (secondary N) is 2. The number of alkyl halides is 3. The maximum Gasteiger partial charge on any atom is 0.417 e. The molecule has 0 spiro atoms. The highest BCUT2D eigenvalue weighted by molar-refractivity contribution is 6.31. The smallest absolute Gasteiger partial charge is 0.325 e. The lowest BCUT2D eigenvalue weighted by Gasteiger charge is -2.37. The van der Waals surface area contributed by atoms with Gasteiger partial charge in [0.1, 0.15) is 0 Å². The Labute approximate surface area is 189 Å². The predicted molar refractivity (Wildman–Crippen MR) is 118 cm³/mol. The Kier molecular flexibility index (Phi) is 7.76. The van der Waals surface area contributed by atoms with Crippen LogP contribution in [0.25, 0.3) is 0 Å². The summed E-state index contributed by atoms with van der Waals surface area (Å²) in [5, 5.41) is 4.95. The highest BCUT2D eigenvalue weighted by Crippen LogP contribution is 2.36. The molecule has 32 heavy (non-hydrogen) atoms. The first kappa shape index (κ1) is 24.0. The molecular formula is C22H24ClF3N4O2. The van der Waals surface area contributed by atoms with Crippen LogP contribution < -0.4 is 10.6 Å². The number of benzene rings is 2. The van der Waals surface area contributed by atoms with Crippen molar-refractivity contribution in [2.45, 2.75) is 19.1 Å². The van der Waals surface area contributed by atoms with Crippen molar-refractivity contribution in [3.05, 3.63) is 59.1 Å². The third kappa shape index (κ3) is 6.44. The number of hydrogen-bond acceptors (Lipinski definition) is 4. The molecule has 1 saturated heterocycles. The van der Waals surface area contributed by atoms with Crippen LogP contribution in [0.1, 0.15) is 12.5 Å². The molecule has 0 radical (unpaired) electrons. The topological polar surface area (TPSA) is 64.7 Å². The first-order valence-corrected chi connectivity index (χ1v) is 10.5. The largest absolute Gasteiger partial charge is 0.417 e. The number of anilines is 2. The second-order valence-electron chi connectivity index (χ2n) is 7.58. The minimum absolute atomic E-state index is 0.0385. The second kappa shape index (κ2) is 10.3. The number of halogens is 4. The molecule has 0 unspecified atom stereocenters. The predicted octanol–water partition coefficient (Wildman–Crippen LogP) is 3.94. The summed E-state index contributed by atoms with van der Waals surface area (Å²) >= 11 is 5.61. The van der Waals surface area contributed by atoms with E-state index in [-0.39, 0.29) is 24.2 Å². The van der Waals surface area contributed by atoms with Crippen molar-refractivity contribution in [2.75, 3.05) is 43.4 Å². The summed E-state index contributed by atoms with van der Waals surface area (Å²) < 4.78 is 38.9. The van der Waals surface area contributed by atoms with Gasteiger partial charge in [-0.1, -0.05) is 29.8 Å². The molecule has 1 heterocycles. The number of carbonyl (C=O) groups is 2. The molecule has 2 aromatic carbocycles. The molecule has 172 valence electrons. The van der Waals surface area contributed by atoms with E-state index in [2.05, 4.69) is 10.6 Å². The normalized spacial score (nSPS) is 16.4. The maximum atomic E-state index is 13.0. The van der Waals surface area contributed by atoms with Gasteiger partial charge < -0.3 is 10.6 Å². The fraction of sp³-hybridized carbons (Fsp3) is 0.364. The van der Waals surface area contributed by atoms with Crippen LogP contribution in [-0.2, 0) is 15.8 Å². The van der Waals surface area contributed by atoms with Crippen molar-refractivity contribution < 1.29 is 22.8 Å². The van der Waals surface area contributed by atoms with Crippen LogP contribution in [0.3, 0.4) is 0 Å². The summed E-state index contributed by atoms with van der Waals surface area (Å²) in [7, 11) is 0. The third-order valence-electron chi connectivity index (χ3n) is 5.30. The van der Waals surface area contributed by atoms with Gasteiger partial charge in [-0.25, -0.2) is 0 Å². The fourth-order valence-corrected chi connectivity index (χ4v) is 3.69. The van der Waals surface area contributed by atoms with E-state index in [1.807, 2.05) is 47.1 Å². The van der Waals surface area contributed by atoms with Gasteiger partial charge in [0.25, 0.3) is 0 Å². The van der Waals surface area contributed by atoms with Crippen molar-refractivity contribution in [1.29, 1.82) is 0 Å². The molecule has 6 nitrogen and oxygen atoms in total. The van der Waals surface area contributed by atoms with Crippen LogP contribution in [0.2, 0.25) is 5.02 Å². The zero-order valence-electron chi connectivity index (χ0n) is 17.5. The van der Waals surface area contributed by atoms with E-state index < -0.39 is 22.7 Å². The van der Waals surface area contributed by atoms with Crippen LogP contribution in [0, 0.1) is 0 Å². The van der Waals surface area contributed by atoms with E-state index in [9.17, 15) is 22.8 Å². The van der Waals surface area contributed by atoms with Crippen LogP contribution in [0.4, 0.5) is 24.5 Å². The first-order chi connectivity index (χ1) is 15.1. The molecule has 0 saturated carbocycles. The van der Waals surface area contributed by atoms with Gasteiger partial charge in [0.2, 0.25) is 11.8 Å². The van der Waals surface area contributed by atoms with E-state index in [0.717, 1.165) is 17.8 Å². The summed E-state index contributed by atoms with van der Waals surface area (Å²) in [4.78, 5) is 28.7. The Morgan fingerprint density at radius 1 is 1.00 bits per heavy atom. The summed E-state index contributed by atoms with van der Waals surface area (Å²) in [6, 6.07) is 12.1. The fourth-order valence-electron chi connectivity index (χ4n) is 3.47. The van der Waals surface area contributed by atoms with Gasteiger partial charge in [0, 0.05) is 37.6 Å². The Bertz CT molecular complexity index is 948. The number of piperazine rings is 1. The highest BCUT2D eigenvalue weighted by atomic mass is 35.5. The second-order valence-corrected chi connectivity index (χ2v) is 7.99. The standard InChI is InChI=1S/C22H24ClF3N4O2/c1-15(21(32)28-16-5-3-2-4-6-16)30-11-9-29(10-12-30)14-20(31)27-17-7-8-19(23)18(13-17)22(24,25)26/h2-8,13,15H,9-12,14H2,1H3,(H,27,31)(H,28,32)/t15-/m1/s1. The SMILES string of the molecule is C[C@H](C(=O)Nc1ccccc1)N1CCN(CC(=O)Nc2ccc(Cl)c(C(F)(F)F)c2)CC1. The molecule has 1 aliphatic heterocycles. The number of para-hydroxylation sites is 1. The summed E-state index contributed by atoms with van der Waals surface area (Å²) in [5.74, 6) is -0.519. The number of hydrogen-bond donors (Lipinski definition) is 2. The van der Waals surface area contributed by atoms with Crippen molar-refractivity contribution in [3.63, 3.8) is 0 Å². The minimum Gasteiger partial charge on any atom is -0.325 e. The van der Waals surface area contributed by atoms with Gasteiger partial charge in [-0.05, 0) is 37.3 Å². The van der Waals surface area contributed by atoms with Crippen molar-refractivity contribution in [2.24, 2.45) is 0 Å². The van der Waals surface area contributed by atoms with E-state index in [1.54, 1.807) is 0 Å². The molecule has 0 aromatic heterocycles. The molecule has 0 bridgehead atoms. The van der Waals surface area contributed by atoms with Crippen LogP contribution in [0.5, 0.6) is 0 Å². The van der Waals surface area contributed by atoms with Crippen molar-refractivity contribution in [3.8, 4) is 0 Å². The molecule has 2 N–H and O–H groups in total. The zero-order valence-corrected chi connectivity index (χ0v) is 18.2. The molecule has 1 aliphatic rings. The third-order valence-corrected chi connectivity index (χ3v) is 5.63. The Balaban J connectivity index is 1.47. The average Bonchev–Trinajstić information content (AvgIpc) is 2.75. The average molecular weight is 469 g/mol. The van der Waals surface area contributed by atoms with Gasteiger partial charge in [-0.15, -0.1) is 0 Å². The lowest BCUT2D eigenvalue weighted by molar-refractivity contribution is -0.137.